The SMILES string of the molecule is CS(=O)(=O)N1CCN(C(=O)C2CC2c2ccc(F)cc2)CC1. The molecule has 1 aliphatic heterocycles. The smallest absolute Gasteiger partial charge is 0.226 e. The number of carbonyl (C=O) groups is 1. The highest BCUT2D eigenvalue weighted by molar-refractivity contribution is 7.88. The molecule has 1 aromatic carbocycles. The molecule has 0 aromatic heterocycles. The van der Waals surface area contributed by atoms with Gasteiger partial charge in [0.05, 0.1) is 6.26 Å². The maximum atomic E-state index is 12.9. The van der Waals surface area contributed by atoms with Crippen LogP contribution >= 0.6 is 0 Å². The van der Waals surface area contributed by atoms with Crippen LogP contribution in [0.15, 0.2) is 24.3 Å². The van der Waals surface area contributed by atoms with Crippen LogP contribution in [0.5, 0.6) is 0 Å². The summed E-state index contributed by atoms with van der Waals surface area (Å²) in [5, 5.41) is 0. The maximum Gasteiger partial charge on any atom is 0.226 e. The average molecular weight is 326 g/mol. The lowest BCUT2D eigenvalue weighted by Crippen LogP contribution is -2.50. The molecule has 7 heteroatoms. The fourth-order valence-corrected chi connectivity index (χ4v) is 3.85. The summed E-state index contributed by atoms with van der Waals surface area (Å²) in [6.07, 6.45) is 1.98. The Labute approximate surface area is 129 Å². The quantitative estimate of drug-likeness (QED) is 0.834. The van der Waals surface area contributed by atoms with Gasteiger partial charge in [0.25, 0.3) is 0 Å². The Morgan fingerprint density at radius 3 is 2.27 bits per heavy atom. The van der Waals surface area contributed by atoms with Crippen molar-refractivity contribution in [2.45, 2.75) is 12.3 Å². The third-order valence-corrected chi connectivity index (χ3v) is 5.73. The highest BCUT2D eigenvalue weighted by Gasteiger charge is 2.46. The van der Waals surface area contributed by atoms with Crippen LogP contribution in [0.4, 0.5) is 4.39 Å². The molecule has 5 nitrogen and oxygen atoms in total. The lowest BCUT2D eigenvalue weighted by molar-refractivity contribution is -0.133. The van der Waals surface area contributed by atoms with E-state index in [1.165, 1.54) is 22.7 Å². The Balaban J connectivity index is 1.57. The Morgan fingerprint density at radius 2 is 1.73 bits per heavy atom. The van der Waals surface area contributed by atoms with Crippen molar-refractivity contribution in [3.8, 4) is 0 Å². The van der Waals surface area contributed by atoms with Crippen molar-refractivity contribution < 1.29 is 17.6 Å². The highest BCUT2D eigenvalue weighted by atomic mass is 32.2. The van der Waals surface area contributed by atoms with Gasteiger partial charge in [-0.25, -0.2) is 12.8 Å². The van der Waals surface area contributed by atoms with Crippen LogP contribution in [0.1, 0.15) is 17.9 Å². The summed E-state index contributed by atoms with van der Waals surface area (Å²) in [4.78, 5) is 14.2. The van der Waals surface area contributed by atoms with E-state index >= 15 is 0 Å². The molecular weight excluding hydrogens is 307 g/mol. The van der Waals surface area contributed by atoms with E-state index in [0.717, 1.165) is 12.0 Å². The molecule has 1 aromatic rings. The van der Waals surface area contributed by atoms with Gasteiger partial charge in [-0.05, 0) is 30.0 Å². The van der Waals surface area contributed by atoms with Crippen molar-refractivity contribution >= 4 is 15.9 Å². The molecule has 1 amide bonds. The van der Waals surface area contributed by atoms with E-state index in [1.807, 2.05) is 0 Å². The van der Waals surface area contributed by atoms with Gasteiger partial charge in [0, 0.05) is 32.1 Å². The summed E-state index contributed by atoms with van der Waals surface area (Å²) in [5.74, 6) is -0.0667. The molecule has 22 heavy (non-hydrogen) atoms. The van der Waals surface area contributed by atoms with Gasteiger partial charge >= 0.3 is 0 Å². The molecule has 1 saturated heterocycles. The molecule has 0 radical (unpaired) electrons. The van der Waals surface area contributed by atoms with Gasteiger partial charge in [0.1, 0.15) is 5.82 Å². The topological polar surface area (TPSA) is 57.7 Å². The Hall–Kier alpha value is -1.47. The fraction of sp³-hybridized carbons (Fsp3) is 0.533. The zero-order valence-corrected chi connectivity index (χ0v) is 13.2. The van der Waals surface area contributed by atoms with Crippen LogP contribution in [0, 0.1) is 11.7 Å². The minimum atomic E-state index is -3.18. The Kier molecular flexibility index (Phi) is 3.94. The average Bonchev–Trinajstić information content (AvgIpc) is 3.27. The lowest BCUT2D eigenvalue weighted by Gasteiger charge is -2.33. The molecule has 1 heterocycles. The second kappa shape index (κ2) is 5.62. The van der Waals surface area contributed by atoms with E-state index < -0.39 is 10.0 Å². The second-order valence-electron chi connectivity index (χ2n) is 5.99. The number of amides is 1. The van der Waals surface area contributed by atoms with E-state index in [4.69, 9.17) is 0 Å². The van der Waals surface area contributed by atoms with Crippen molar-refractivity contribution in [2.75, 3.05) is 32.4 Å². The monoisotopic (exact) mass is 326 g/mol. The summed E-state index contributed by atoms with van der Waals surface area (Å²) in [5.41, 5.74) is 0.995. The summed E-state index contributed by atoms with van der Waals surface area (Å²) in [6.45, 7) is 1.61. The Bertz CT molecular complexity index is 667. The van der Waals surface area contributed by atoms with E-state index in [1.54, 1.807) is 17.0 Å². The van der Waals surface area contributed by atoms with Crippen LogP contribution < -0.4 is 0 Å². The standard InChI is InChI=1S/C15H19FN2O3S/c1-22(20,21)18-8-6-17(7-9-18)15(19)14-10-13(14)11-2-4-12(16)5-3-11/h2-5,13-14H,6-10H2,1H3. The third-order valence-electron chi connectivity index (χ3n) is 4.43. The second-order valence-corrected chi connectivity index (χ2v) is 7.97. The van der Waals surface area contributed by atoms with Crippen molar-refractivity contribution in [3.05, 3.63) is 35.6 Å². The summed E-state index contributed by atoms with van der Waals surface area (Å²) in [7, 11) is -3.18. The summed E-state index contributed by atoms with van der Waals surface area (Å²) < 4.78 is 37.3. The zero-order chi connectivity index (χ0) is 15.9. The van der Waals surface area contributed by atoms with Crippen LogP contribution in [0.2, 0.25) is 0 Å². The molecule has 0 N–H and O–H groups in total. The molecule has 2 aliphatic rings. The number of piperazine rings is 1. The first kappa shape index (κ1) is 15.4. The van der Waals surface area contributed by atoms with E-state index in [2.05, 4.69) is 0 Å². The van der Waals surface area contributed by atoms with Gasteiger partial charge in [-0.2, -0.15) is 4.31 Å². The van der Waals surface area contributed by atoms with Gasteiger partial charge in [-0.1, -0.05) is 12.1 Å². The Morgan fingerprint density at radius 1 is 1.14 bits per heavy atom. The highest BCUT2D eigenvalue weighted by Crippen LogP contribution is 2.48. The first-order valence-corrected chi connectivity index (χ1v) is 9.20. The van der Waals surface area contributed by atoms with Crippen LogP contribution in [-0.2, 0) is 14.8 Å². The first-order chi connectivity index (χ1) is 10.4. The van der Waals surface area contributed by atoms with Gasteiger partial charge in [-0.15, -0.1) is 0 Å². The minimum absolute atomic E-state index is 0.0461. The number of benzene rings is 1. The van der Waals surface area contributed by atoms with Gasteiger partial charge in [0.15, 0.2) is 0 Å². The lowest BCUT2D eigenvalue weighted by atomic mass is 10.1. The van der Waals surface area contributed by atoms with Crippen molar-refractivity contribution in [3.63, 3.8) is 0 Å². The number of carbonyl (C=O) groups excluding carboxylic acids is 1. The number of hydrogen-bond acceptors (Lipinski definition) is 3. The summed E-state index contributed by atoms with van der Waals surface area (Å²) >= 11 is 0. The predicted octanol–water partition coefficient (Wildman–Crippen LogP) is 1.03. The number of sulfonamides is 1. The fourth-order valence-electron chi connectivity index (χ4n) is 3.02. The number of nitrogens with zero attached hydrogens (tertiary/aromatic N) is 2. The molecule has 2 unspecified atom stereocenters. The normalized spacial score (nSPS) is 26.0. The van der Waals surface area contributed by atoms with Crippen molar-refractivity contribution in [1.29, 1.82) is 0 Å². The molecular formula is C15H19FN2O3S. The zero-order valence-electron chi connectivity index (χ0n) is 12.4. The number of halogens is 1. The van der Waals surface area contributed by atoms with Crippen LogP contribution in [0.3, 0.4) is 0 Å². The number of hydrogen-bond donors (Lipinski definition) is 0. The van der Waals surface area contributed by atoms with E-state index in [-0.39, 0.29) is 23.6 Å². The summed E-state index contributed by atoms with van der Waals surface area (Å²) in [6, 6.07) is 6.30. The molecule has 1 aliphatic carbocycles. The van der Waals surface area contributed by atoms with E-state index in [9.17, 15) is 17.6 Å². The van der Waals surface area contributed by atoms with Crippen LogP contribution in [0.25, 0.3) is 0 Å². The molecule has 3 rings (SSSR count). The largest absolute Gasteiger partial charge is 0.340 e. The third kappa shape index (κ3) is 3.15. The van der Waals surface area contributed by atoms with Crippen molar-refractivity contribution in [1.82, 2.24) is 9.21 Å². The molecule has 1 saturated carbocycles. The van der Waals surface area contributed by atoms with Gasteiger partial charge < -0.3 is 4.90 Å². The van der Waals surface area contributed by atoms with Crippen molar-refractivity contribution in [2.24, 2.45) is 5.92 Å². The molecule has 2 fully saturated rings. The first-order valence-electron chi connectivity index (χ1n) is 7.35. The molecule has 0 bridgehead atoms. The van der Waals surface area contributed by atoms with Crippen LogP contribution in [-0.4, -0.2) is 56.0 Å². The van der Waals surface area contributed by atoms with Gasteiger partial charge in [0.2, 0.25) is 15.9 Å². The minimum Gasteiger partial charge on any atom is -0.340 e. The molecule has 2 atom stereocenters. The molecule has 0 spiro atoms. The number of rotatable bonds is 3. The van der Waals surface area contributed by atoms with E-state index in [0.29, 0.717) is 26.2 Å². The molecule has 120 valence electrons. The van der Waals surface area contributed by atoms with Gasteiger partial charge in [-0.3, -0.25) is 4.79 Å². The predicted molar refractivity (Wildman–Crippen MR) is 80.2 cm³/mol. The maximum absolute atomic E-state index is 12.9.